The highest BCUT2D eigenvalue weighted by Crippen LogP contribution is 2.32. The molecule has 0 fully saturated rings. The molecule has 0 saturated carbocycles. The summed E-state index contributed by atoms with van der Waals surface area (Å²) in [5, 5.41) is 0. The lowest BCUT2D eigenvalue weighted by atomic mass is 9.98. The standard InChI is InChI=1S/C19H13FN2O/c1-12-9-14(4-6-16(12)20)19-15(3-2-8-21-19)13-5-7-17-18(10-13)23-11-22-17/h2-11H,1H3. The molecule has 0 aliphatic carbocycles. The van der Waals surface area contributed by atoms with Crippen LogP contribution in [0.25, 0.3) is 33.5 Å². The van der Waals surface area contributed by atoms with Crippen molar-refractivity contribution < 1.29 is 8.81 Å². The highest BCUT2D eigenvalue weighted by Gasteiger charge is 2.11. The number of aromatic nitrogens is 2. The highest BCUT2D eigenvalue weighted by molar-refractivity contribution is 5.86. The predicted molar refractivity (Wildman–Crippen MR) is 87.4 cm³/mol. The van der Waals surface area contributed by atoms with Crippen LogP contribution in [0.2, 0.25) is 0 Å². The van der Waals surface area contributed by atoms with Crippen LogP contribution >= 0.6 is 0 Å². The monoisotopic (exact) mass is 304 g/mol. The largest absolute Gasteiger partial charge is 0.443 e. The van der Waals surface area contributed by atoms with E-state index >= 15 is 0 Å². The van der Waals surface area contributed by atoms with E-state index in [1.54, 1.807) is 19.2 Å². The number of halogens is 1. The fourth-order valence-corrected chi connectivity index (χ4v) is 2.68. The van der Waals surface area contributed by atoms with E-state index in [2.05, 4.69) is 9.97 Å². The summed E-state index contributed by atoms with van der Waals surface area (Å²) in [5.41, 5.74) is 5.80. The summed E-state index contributed by atoms with van der Waals surface area (Å²) in [6.07, 6.45) is 3.17. The molecule has 0 bridgehead atoms. The molecule has 0 amide bonds. The van der Waals surface area contributed by atoms with Gasteiger partial charge in [0.05, 0.1) is 5.69 Å². The third-order valence-corrected chi connectivity index (χ3v) is 3.88. The normalized spacial score (nSPS) is 11.0. The van der Waals surface area contributed by atoms with Crippen molar-refractivity contribution >= 4 is 11.1 Å². The van der Waals surface area contributed by atoms with Crippen LogP contribution in [0.3, 0.4) is 0 Å². The zero-order valence-corrected chi connectivity index (χ0v) is 12.5. The lowest BCUT2D eigenvalue weighted by Crippen LogP contribution is -1.91. The van der Waals surface area contributed by atoms with Gasteiger partial charge in [-0.1, -0.05) is 12.1 Å². The van der Waals surface area contributed by atoms with Crippen molar-refractivity contribution in [3.63, 3.8) is 0 Å². The van der Waals surface area contributed by atoms with E-state index in [1.807, 2.05) is 36.4 Å². The summed E-state index contributed by atoms with van der Waals surface area (Å²) in [4.78, 5) is 8.63. The van der Waals surface area contributed by atoms with E-state index in [1.165, 1.54) is 12.5 Å². The number of fused-ring (bicyclic) bond motifs is 1. The Kier molecular flexibility index (Phi) is 3.15. The zero-order chi connectivity index (χ0) is 15.8. The zero-order valence-electron chi connectivity index (χ0n) is 12.5. The molecule has 0 unspecified atom stereocenters. The molecule has 23 heavy (non-hydrogen) atoms. The number of oxazole rings is 1. The number of hydrogen-bond acceptors (Lipinski definition) is 3. The lowest BCUT2D eigenvalue weighted by Gasteiger charge is -2.10. The molecule has 2 aromatic heterocycles. The predicted octanol–water partition coefficient (Wildman–Crippen LogP) is 5.00. The first-order valence-corrected chi connectivity index (χ1v) is 7.27. The summed E-state index contributed by atoms with van der Waals surface area (Å²) < 4.78 is 18.9. The minimum atomic E-state index is -0.214. The quantitative estimate of drug-likeness (QED) is 0.523. The molecule has 3 nitrogen and oxygen atoms in total. The summed E-state index contributed by atoms with van der Waals surface area (Å²) in [6, 6.07) is 14.8. The second-order valence-electron chi connectivity index (χ2n) is 5.40. The van der Waals surface area contributed by atoms with E-state index < -0.39 is 0 Å². The van der Waals surface area contributed by atoms with Gasteiger partial charge in [-0.15, -0.1) is 0 Å². The molecule has 0 atom stereocenters. The van der Waals surface area contributed by atoms with Gasteiger partial charge in [0.1, 0.15) is 11.3 Å². The van der Waals surface area contributed by atoms with Crippen LogP contribution in [0.1, 0.15) is 5.56 Å². The van der Waals surface area contributed by atoms with Crippen molar-refractivity contribution in [3.8, 4) is 22.4 Å². The first-order chi connectivity index (χ1) is 11.2. The molecule has 0 radical (unpaired) electrons. The maximum absolute atomic E-state index is 13.5. The van der Waals surface area contributed by atoms with Gasteiger partial charge in [-0.05, 0) is 54.4 Å². The Morgan fingerprint density at radius 3 is 2.70 bits per heavy atom. The Hall–Kier alpha value is -3.01. The van der Waals surface area contributed by atoms with Gasteiger partial charge in [-0.3, -0.25) is 4.98 Å². The maximum atomic E-state index is 13.5. The van der Waals surface area contributed by atoms with Gasteiger partial charge >= 0.3 is 0 Å². The van der Waals surface area contributed by atoms with Gasteiger partial charge in [0.25, 0.3) is 0 Å². The Balaban J connectivity index is 1.90. The molecule has 2 heterocycles. The first kappa shape index (κ1) is 13.6. The van der Waals surface area contributed by atoms with Gasteiger partial charge in [0.2, 0.25) is 0 Å². The number of nitrogens with zero attached hydrogens (tertiary/aromatic N) is 2. The third kappa shape index (κ3) is 2.38. The van der Waals surface area contributed by atoms with Gasteiger partial charge in [0.15, 0.2) is 12.0 Å². The fourth-order valence-electron chi connectivity index (χ4n) is 2.68. The molecule has 2 aromatic carbocycles. The molecule has 112 valence electrons. The molecular formula is C19H13FN2O. The fraction of sp³-hybridized carbons (Fsp3) is 0.0526. The molecular weight excluding hydrogens is 291 g/mol. The molecule has 4 rings (SSSR count). The number of hydrogen-bond donors (Lipinski definition) is 0. The molecule has 4 heteroatoms. The number of rotatable bonds is 2. The van der Waals surface area contributed by atoms with Gasteiger partial charge in [-0.25, -0.2) is 9.37 Å². The van der Waals surface area contributed by atoms with E-state index in [0.717, 1.165) is 33.5 Å². The van der Waals surface area contributed by atoms with Crippen molar-refractivity contribution in [2.75, 3.05) is 0 Å². The van der Waals surface area contributed by atoms with E-state index in [0.29, 0.717) is 5.56 Å². The lowest BCUT2D eigenvalue weighted by molar-refractivity contribution is 0.602. The van der Waals surface area contributed by atoms with Gasteiger partial charge < -0.3 is 4.42 Å². The molecule has 0 N–H and O–H groups in total. The van der Waals surface area contributed by atoms with Crippen LogP contribution in [0.5, 0.6) is 0 Å². The van der Waals surface area contributed by atoms with Gasteiger partial charge in [-0.2, -0.15) is 0 Å². The van der Waals surface area contributed by atoms with Crippen molar-refractivity contribution in [1.82, 2.24) is 9.97 Å². The minimum absolute atomic E-state index is 0.214. The Morgan fingerprint density at radius 2 is 1.83 bits per heavy atom. The van der Waals surface area contributed by atoms with Crippen LogP contribution in [0.15, 0.2) is 65.5 Å². The van der Waals surface area contributed by atoms with Crippen molar-refractivity contribution in [3.05, 3.63) is 72.5 Å². The van der Waals surface area contributed by atoms with Crippen LogP contribution in [0, 0.1) is 12.7 Å². The Bertz CT molecular complexity index is 1010. The number of benzene rings is 2. The molecule has 0 aliphatic heterocycles. The van der Waals surface area contributed by atoms with Crippen molar-refractivity contribution in [1.29, 1.82) is 0 Å². The summed E-state index contributed by atoms with van der Waals surface area (Å²) in [7, 11) is 0. The average molecular weight is 304 g/mol. The molecule has 0 saturated heterocycles. The molecule has 0 aliphatic rings. The second kappa shape index (κ2) is 5.32. The average Bonchev–Trinajstić information content (AvgIpc) is 3.05. The minimum Gasteiger partial charge on any atom is -0.443 e. The van der Waals surface area contributed by atoms with E-state index in [-0.39, 0.29) is 5.82 Å². The van der Waals surface area contributed by atoms with Crippen LogP contribution in [-0.4, -0.2) is 9.97 Å². The highest BCUT2D eigenvalue weighted by atomic mass is 19.1. The van der Waals surface area contributed by atoms with Crippen LogP contribution in [-0.2, 0) is 0 Å². The summed E-state index contributed by atoms with van der Waals surface area (Å²) in [6.45, 7) is 1.75. The van der Waals surface area contributed by atoms with Crippen LogP contribution in [0.4, 0.5) is 4.39 Å². The third-order valence-electron chi connectivity index (χ3n) is 3.88. The first-order valence-electron chi connectivity index (χ1n) is 7.27. The van der Waals surface area contributed by atoms with Crippen LogP contribution < -0.4 is 0 Å². The Morgan fingerprint density at radius 1 is 0.957 bits per heavy atom. The second-order valence-corrected chi connectivity index (χ2v) is 5.40. The van der Waals surface area contributed by atoms with Gasteiger partial charge in [0, 0.05) is 17.3 Å². The Labute approximate surface area is 132 Å². The van der Waals surface area contributed by atoms with E-state index in [4.69, 9.17) is 4.42 Å². The molecule has 0 spiro atoms. The SMILES string of the molecule is Cc1cc(-c2ncccc2-c2ccc3ncoc3c2)ccc1F. The number of pyridine rings is 1. The molecule has 4 aromatic rings. The topological polar surface area (TPSA) is 38.9 Å². The van der Waals surface area contributed by atoms with Crippen molar-refractivity contribution in [2.24, 2.45) is 0 Å². The smallest absolute Gasteiger partial charge is 0.181 e. The van der Waals surface area contributed by atoms with E-state index in [9.17, 15) is 4.39 Å². The summed E-state index contributed by atoms with van der Waals surface area (Å²) >= 11 is 0. The number of aryl methyl sites for hydroxylation is 1. The van der Waals surface area contributed by atoms with Crippen molar-refractivity contribution in [2.45, 2.75) is 6.92 Å². The summed E-state index contributed by atoms with van der Waals surface area (Å²) in [5.74, 6) is -0.214. The maximum Gasteiger partial charge on any atom is 0.181 e.